The lowest BCUT2D eigenvalue weighted by Crippen LogP contribution is -2.51. The maximum atomic E-state index is 12.9. The van der Waals surface area contributed by atoms with E-state index in [0.717, 1.165) is 43.6 Å². The van der Waals surface area contributed by atoms with Gasteiger partial charge in [0, 0.05) is 37.7 Å². The van der Waals surface area contributed by atoms with Crippen molar-refractivity contribution in [2.45, 2.75) is 55.8 Å². The fourth-order valence-electron chi connectivity index (χ4n) is 4.93. The lowest BCUT2D eigenvalue weighted by Gasteiger charge is -2.46. The molecule has 5 rings (SSSR count). The minimum absolute atomic E-state index is 0.442. The van der Waals surface area contributed by atoms with E-state index in [9.17, 15) is 4.79 Å². The Morgan fingerprint density at radius 2 is 1.73 bits per heavy atom. The second kappa shape index (κ2) is 9.93. The standard InChI is InChI=1S/C26H28N4O2S/c1-33-25-24(18-30(27-25)21-11-6-3-7-12-21)26(31)32-28-20-15-22-13-8-14-23(16-20)29(22)17-19-9-4-2-5-10-19/h2-7,9-12,18,22-23H,8,13-17H2,1H3/t22-,23-/m0/s1. The minimum Gasteiger partial charge on any atom is -0.313 e. The van der Waals surface area contributed by atoms with Gasteiger partial charge >= 0.3 is 5.97 Å². The van der Waals surface area contributed by atoms with Crippen LogP contribution in [0.5, 0.6) is 0 Å². The fourth-order valence-corrected chi connectivity index (χ4v) is 5.45. The van der Waals surface area contributed by atoms with Crippen LogP contribution in [-0.2, 0) is 11.4 Å². The molecule has 0 aliphatic carbocycles. The Kier molecular flexibility index (Phi) is 6.60. The number of hydrogen-bond acceptors (Lipinski definition) is 6. The molecule has 0 unspecified atom stereocenters. The van der Waals surface area contributed by atoms with Gasteiger partial charge in [-0.3, -0.25) is 4.90 Å². The van der Waals surface area contributed by atoms with Crippen LogP contribution >= 0.6 is 11.8 Å². The van der Waals surface area contributed by atoms with Gasteiger partial charge in [0.1, 0.15) is 10.6 Å². The van der Waals surface area contributed by atoms with Gasteiger partial charge in [0.05, 0.1) is 11.4 Å². The van der Waals surface area contributed by atoms with Crippen molar-refractivity contribution < 1.29 is 9.63 Å². The van der Waals surface area contributed by atoms with E-state index in [2.05, 4.69) is 45.5 Å². The Balaban J connectivity index is 1.27. The van der Waals surface area contributed by atoms with Crippen molar-refractivity contribution >= 4 is 23.4 Å². The van der Waals surface area contributed by atoms with Crippen LogP contribution in [0.4, 0.5) is 0 Å². The maximum absolute atomic E-state index is 12.9. The summed E-state index contributed by atoms with van der Waals surface area (Å²) in [7, 11) is 0. The van der Waals surface area contributed by atoms with E-state index in [1.54, 1.807) is 10.9 Å². The monoisotopic (exact) mass is 460 g/mol. The lowest BCUT2D eigenvalue weighted by atomic mass is 9.83. The van der Waals surface area contributed by atoms with Crippen LogP contribution in [0, 0.1) is 0 Å². The van der Waals surface area contributed by atoms with Gasteiger partial charge in [-0.05, 0) is 36.8 Å². The third-order valence-corrected chi connectivity index (χ3v) is 7.22. The molecule has 0 spiro atoms. The summed E-state index contributed by atoms with van der Waals surface area (Å²) >= 11 is 1.43. The second-order valence-corrected chi connectivity index (χ2v) is 9.47. The molecule has 2 atom stereocenters. The number of thioether (sulfide) groups is 1. The summed E-state index contributed by atoms with van der Waals surface area (Å²) in [6.07, 6.45) is 8.92. The fraction of sp³-hybridized carbons (Fsp3) is 0.346. The van der Waals surface area contributed by atoms with Crippen molar-refractivity contribution in [2.24, 2.45) is 5.16 Å². The molecule has 2 fully saturated rings. The number of piperidine rings is 2. The number of para-hydroxylation sites is 1. The quantitative estimate of drug-likeness (QED) is 0.283. The first-order valence-corrected chi connectivity index (χ1v) is 12.7. The zero-order chi connectivity index (χ0) is 22.6. The Labute approximate surface area is 198 Å². The minimum atomic E-state index is -0.453. The van der Waals surface area contributed by atoms with Gasteiger partial charge in [0.2, 0.25) is 0 Å². The average molecular weight is 461 g/mol. The van der Waals surface area contributed by atoms with Crippen molar-refractivity contribution in [1.82, 2.24) is 14.7 Å². The van der Waals surface area contributed by atoms with Gasteiger partial charge < -0.3 is 4.84 Å². The summed E-state index contributed by atoms with van der Waals surface area (Å²) < 4.78 is 1.71. The first kappa shape index (κ1) is 21.9. The van der Waals surface area contributed by atoms with Gasteiger partial charge in [-0.2, -0.15) is 5.10 Å². The molecule has 0 amide bonds. The first-order chi connectivity index (χ1) is 16.2. The van der Waals surface area contributed by atoms with E-state index in [1.165, 1.54) is 23.7 Å². The number of oxime groups is 1. The SMILES string of the molecule is CSc1nn(-c2ccccc2)cc1C(=O)ON=C1C[C@@H]2CCC[C@@H](C1)N2Cc1ccccc1. The van der Waals surface area contributed by atoms with Crippen LogP contribution < -0.4 is 0 Å². The number of nitrogens with zero attached hydrogens (tertiary/aromatic N) is 4. The molecular weight excluding hydrogens is 432 g/mol. The van der Waals surface area contributed by atoms with Gasteiger partial charge in [-0.15, -0.1) is 11.8 Å². The van der Waals surface area contributed by atoms with E-state index in [4.69, 9.17) is 4.84 Å². The predicted octanol–water partition coefficient (Wildman–Crippen LogP) is 5.32. The third-order valence-electron chi connectivity index (χ3n) is 6.54. The summed E-state index contributed by atoms with van der Waals surface area (Å²) in [5.74, 6) is -0.453. The van der Waals surface area contributed by atoms with E-state index in [1.807, 2.05) is 36.6 Å². The predicted molar refractivity (Wildman–Crippen MR) is 131 cm³/mol. The van der Waals surface area contributed by atoms with Crippen LogP contribution in [0.1, 0.15) is 48.0 Å². The molecule has 2 saturated heterocycles. The molecule has 2 aliphatic rings. The average Bonchev–Trinajstić information content (AvgIpc) is 3.29. The summed E-state index contributed by atoms with van der Waals surface area (Å²) in [4.78, 5) is 20.9. The van der Waals surface area contributed by atoms with E-state index >= 15 is 0 Å². The first-order valence-electron chi connectivity index (χ1n) is 11.5. The van der Waals surface area contributed by atoms with Crippen molar-refractivity contribution in [2.75, 3.05) is 6.26 Å². The molecule has 6 nitrogen and oxygen atoms in total. The highest BCUT2D eigenvalue weighted by Gasteiger charge is 2.37. The highest BCUT2D eigenvalue weighted by atomic mass is 32.2. The van der Waals surface area contributed by atoms with E-state index < -0.39 is 5.97 Å². The zero-order valence-corrected chi connectivity index (χ0v) is 19.6. The highest BCUT2D eigenvalue weighted by molar-refractivity contribution is 7.98. The van der Waals surface area contributed by atoms with Crippen molar-refractivity contribution in [3.05, 3.63) is 78.0 Å². The molecule has 2 bridgehead atoms. The van der Waals surface area contributed by atoms with Crippen molar-refractivity contribution in [1.29, 1.82) is 0 Å². The largest absolute Gasteiger partial charge is 0.370 e. The summed E-state index contributed by atoms with van der Waals surface area (Å²) in [5.41, 5.74) is 3.68. The molecule has 3 heterocycles. The molecule has 3 aromatic rings. The number of benzene rings is 2. The zero-order valence-electron chi connectivity index (χ0n) is 18.8. The Bertz CT molecular complexity index is 1110. The molecule has 2 aromatic carbocycles. The van der Waals surface area contributed by atoms with Crippen molar-refractivity contribution in [3.63, 3.8) is 0 Å². The van der Waals surface area contributed by atoms with Crippen LogP contribution in [0.25, 0.3) is 5.69 Å². The normalized spacial score (nSPS) is 20.5. The maximum Gasteiger partial charge on any atom is 0.370 e. The molecule has 0 saturated carbocycles. The summed E-state index contributed by atoms with van der Waals surface area (Å²) in [5, 5.41) is 9.51. The smallest absolute Gasteiger partial charge is 0.313 e. The summed E-state index contributed by atoms with van der Waals surface area (Å²) in [6, 6.07) is 21.3. The number of fused-ring (bicyclic) bond motifs is 2. The number of aromatic nitrogens is 2. The number of carbonyl (C=O) groups excluding carboxylic acids is 1. The number of rotatable bonds is 6. The topological polar surface area (TPSA) is 59.7 Å². The molecule has 1 aromatic heterocycles. The van der Waals surface area contributed by atoms with E-state index in [-0.39, 0.29) is 0 Å². The van der Waals surface area contributed by atoms with E-state index in [0.29, 0.717) is 22.7 Å². The van der Waals surface area contributed by atoms with Crippen LogP contribution in [0.2, 0.25) is 0 Å². The molecule has 7 heteroatoms. The Morgan fingerprint density at radius 3 is 2.39 bits per heavy atom. The molecule has 0 radical (unpaired) electrons. The second-order valence-electron chi connectivity index (χ2n) is 8.67. The highest BCUT2D eigenvalue weighted by Crippen LogP contribution is 2.34. The van der Waals surface area contributed by atoms with Gasteiger partial charge in [-0.25, -0.2) is 9.48 Å². The lowest BCUT2D eigenvalue weighted by molar-refractivity contribution is 0.0473. The van der Waals surface area contributed by atoms with Crippen LogP contribution in [-0.4, -0.2) is 44.7 Å². The van der Waals surface area contributed by atoms with Gasteiger partial charge in [0.25, 0.3) is 0 Å². The van der Waals surface area contributed by atoms with Gasteiger partial charge in [-0.1, -0.05) is 60.1 Å². The number of hydrogen-bond donors (Lipinski definition) is 0. The molecule has 2 aliphatic heterocycles. The molecular formula is C26H28N4O2S. The Morgan fingerprint density at radius 1 is 1.06 bits per heavy atom. The molecule has 0 N–H and O–H groups in total. The molecule has 170 valence electrons. The van der Waals surface area contributed by atoms with Gasteiger partial charge in [0.15, 0.2) is 0 Å². The Hall–Kier alpha value is -2.90. The van der Waals surface area contributed by atoms with Crippen LogP contribution in [0.3, 0.4) is 0 Å². The third kappa shape index (κ3) is 4.89. The molecule has 33 heavy (non-hydrogen) atoms. The van der Waals surface area contributed by atoms with Crippen molar-refractivity contribution in [3.8, 4) is 5.69 Å². The summed E-state index contributed by atoms with van der Waals surface area (Å²) in [6.45, 7) is 0.971. The van der Waals surface area contributed by atoms with Crippen LogP contribution in [0.15, 0.2) is 77.0 Å². The number of carbonyl (C=O) groups is 1.